The molecular weight excluding hydrogens is 620 g/mol. The van der Waals surface area contributed by atoms with Gasteiger partial charge < -0.3 is 41.2 Å². The van der Waals surface area contributed by atoms with Crippen LogP contribution in [-0.4, -0.2) is 106 Å². The number of urea groups is 1. The number of nitrogens with two attached hydrogens (primary N) is 1. The summed E-state index contributed by atoms with van der Waals surface area (Å²) >= 11 is 6.17. The smallest absolute Gasteiger partial charge is 0.534 e. The predicted octanol–water partition coefficient (Wildman–Crippen LogP) is -1.34. The number of phenolic OH excluding ortho intramolecular Hbond substituents is 2. The minimum atomic E-state index is -4.09. The number of amides is 3. The molecule has 3 atom stereocenters. The number of rotatable bonds is 10. The molecule has 2 aliphatic heterocycles. The largest absolute Gasteiger partial charge is 0.547 e. The highest BCUT2D eigenvalue weighted by molar-refractivity contribution is 7.89. The van der Waals surface area contributed by atoms with Crippen molar-refractivity contribution in [1.29, 1.82) is 0 Å². The van der Waals surface area contributed by atoms with Gasteiger partial charge in [-0.25, -0.2) is 26.7 Å². The Hall–Kier alpha value is -3.88. The third-order valence-electron chi connectivity index (χ3n) is 6.78. The molecule has 2 heterocycles. The second kappa shape index (κ2) is 12.4. The molecule has 232 valence electrons. The summed E-state index contributed by atoms with van der Waals surface area (Å²) in [5, 5.41) is 55.1. The first-order chi connectivity index (χ1) is 20.2. The maximum absolute atomic E-state index is 14.1. The van der Waals surface area contributed by atoms with Gasteiger partial charge in [0.15, 0.2) is 17.9 Å². The van der Waals surface area contributed by atoms with E-state index in [1.54, 1.807) is 0 Å². The van der Waals surface area contributed by atoms with Crippen LogP contribution < -0.4 is 21.0 Å². The molecule has 0 saturated carbocycles. The number of phenols is 2. The Morgan fingerprint density at radius 3 is 2.58 bits per heavy atom. The third kappa shape index (κ3) is 6.26. The molecule has 0 aliphatic carbocycles. The van der Waals surface area contributed by atoms with Crippen molar-refractivity contribution in [2.24, 2.45) is 5.73 Å². The Labute approximate surface area is 248 Å². The number of hydrogen-bond donors (Lipinski definition) is 8. The summed E-state index contributed by atoms with van der Waals surface area (Å²) in [4.78, 5) is 38.6. The summed E-state index contributed by atoms with van der Waals surface area (Å²) in [6.45, 7) is -0.860. The van der Waals surface area contributed by atoms with Gasteiger partial charge in [-0.1, -0.05) is 23.7 Å². The minimum absolute atomic E-state index is 0.140. The van der Waals surface area contributed by atoms with E-state index >= 15 is 0 Å². The lowest BCUT2D eigenvalue weighted by Crippen LogP contribution is -2.57. The van der Waals surface area contributed by atoms with E-state index in [1.165, 1.54) is 6.07 Å². The van der Waals surface area contributed by atoms with Crippen molar-refractivity contribution in [3.05, 3.63) is 51.8 Å². The SMILES string of the molecule is NCCS(=O)(=O)N1CCN(C(O)NC(C(=O)N[C@H]2Cc3ccc(F)c(C(=O)O)c3OB2O)c2ccc(O)c(O)c2Cl)C1=O. The van der Waals surface area contributed by atoms with Crippen LogP contribution in [-0.2, 0) is 21.2 Å². The Morgan fingerprint density at radius 2 is 1.93 bits per heavy atom. The van der Waals surface area contributed by atoms with Gasteiger partial charge in [0.2, 0.25) is 15.9 Å². The van der Waals surface area contributed by atoms with Crippen molar-refractivity contribution in [1.82, 2.24) is 19.8 Å². The van der Waals surface area contributed by atoms with E-state index in [-0.39, 0.29) is 37.2 Å². The molecule has 2 unspecified atom stereocenters. The number of benzene rings is 2. The van der Waals surface area contributed by atoms with Gasteiger partial charge in [0.1, 0.15) is 23.2 Å². The molecule has 9 N–H and O–H groups in total. The maximum atomic E-state index is 14.1. The molecule has 1 fully saturated rings. The lowest BCUT2D eigenvalue weighted by atomic mass is 9.72. The number of aliphatic hydroxyl groups excluding tert-OH is 1. The van der Waals surface area contributed by atoms with Gasteiger partial charge in [-0.2, -0.15) is 0 Å². The number of carboxylic acid groups (broad SMARTS) is 1. The molecule has 1 saturated heterocycles. The average Bonchev–Trinajstić information content (AvgIpc) is 3.33. The first-order valence-corrected chi connectivity index (χ1v) is 14.5. The van der Waals surface area contributed by atoms with Crippen molar-refractivity contribution in [3.8, 4) is 17.2 Å². The summed E-state index contributed by atoms with van der Waals surface area (Å²) in [6, 6.07) is 1.38. The van der Waals surface area contributed by atoms with Gasteiger partial charge in [-0.3, -0.25) is 15.0 Å². The number of carboxylic acids is 1. The van der Waals surface area contributed by atoms with Crippen LogP contribution in [0.3, 0.4) is 0 Å². The van der Waals surface area contributed by atoms with Gasteiger partial charge in [-0.15, -0.1) is 0 Å². The molecule has 2 aliphatic rings. The van der Waals surface area contributed by atoms with Crippen LogP contribution in [0.5, 0.6) is 17.2 Å². The topological polar surface area (TPSA) is 252 Å². The van der Waals surface area contributed by atoms with Crippen LogP contribution >= 0.6 is 11.6 Å². The fraction of sp³-hybridized carbons (Fsp3) is 0.348. The number of sulfonamides is 1. The lowest BCUT2D eigenvalue weighted by molar-refractivity contribution is -0.125. The molecule has 0 bridgehead atoms. The lowest BCUT2D eigenvalue weighted by Gasteiger charge is -2.32. The normalized spacial score (nSPS) is 18.2. The molecule has 0 aromatic heterocycles. The van der Waals surface area contributed by atoms with E-state index < -0.39 is 92.8 Å². The molecule has 43 heavy (non-hydrogen) atoms. The number of carbonyl (C=O) groups is 3. The highest BCUT2D eigenvalue weighted by Gasteiger charge is 2.43. The van der Waals surface area contributed by atoms with Crippen LogP contribution in [0.25, 0.3) is 0 Å². The molecule has 16 nitrogen and oxygen atoms in total. The fourth-order valence-corrected chi connectivity index (χ4v) is 6.13. The molecular formula is C23H26BClFN5O11S. The Morgan fingerprint density at radius 1 is 1.23 bits per heavy atom. The van der Waals surface area contributed by atoms with Gasteiger partial charge >= 0.3 is 19.1 Å². The van der Waals surface area contributed by atoms with E-state index in [4.69, 9.17) is 22.0 Å². The second-order valence-electron chi connectivity index (χ2n) is 9.51. The van der Waals surface area contributed by atoms with Crippen molar-refractivity contribution in [2.45, 2.75) is 24.8 Å². The van der Waals surface area contributed by atoms with E-state index in [0.717, 1.165) is 18.2 Å². The zero-order valence-electron chi connectivity index (χ0n) is 22.0. The number of aromatic hydroxyl groups is 2. The first kappa shape index (κ1) is 32.0. The van der Waals surface area contributed by atoms with Crippen molar-refractivity contribution >= 4 is 46.7 Å². The van der Waals surface area contributed by atoms with Crippen LogP contribution in [0.15, 0.2) is 24.3 Å². The predicted molar refractivity (Wildman–Crippen MR) is 146 cm³/mol. The number of carbonyl (C=O) groups excluding carboxylic acids is 2. The number of fused-ring (bicyclic) bond motifs is 1. The highest BCUT2D eigenvalue weighted by atomic mass is 35.5. The van der Waals surface area contributed by atoms with E-state index in [9.17, 15) is 52.6 Å². The number of halogens is 2. The van der Waals surface area contributed by atoms with Crippen LogP contribution in [0.1, 0.15) is 27.5 Å². The zero-order chi connectivity index (χ0) is 31.8. The molecule has 4 rings (SSSR count). The molecule has 0 spiro atoms. The highest BCUT2D eigenvalue weighted by Crippen LogP contribution is 2.39. The molecule has 20 heteroatoms. The molecule has 3 amide bonds. The van der Waals surface area contributed by atoms with Gasteiger partial charge in [0.25, 0.3) is 0 Å². The maximum Gasteiger partial charge on any atom is 0.547 e. The number of aromatic carboxylic acids is 1. The Bertz CT molecular complexity index is 1570. The van der Waals surface area contributed by atoms with Crippen LogP contribution in [0, 0.1) is 5.82 Å². The average molecular weight is 646 g/mol. The Balaban J connectivity index is 1.61. The summed E-state index contributed by atoms with van der Waals surface area (Å²) in [5.74, 6) is -7.45. The van der Waals surface area contributed by atoms with Crippen LogP contribution in [0.4, 0.5) is 9.18 Å². The summed E-state index contributed by atoms with van der Waals surface area (Å²) in [7, 11) is -5.95. The van der Waals surface area contributed by atoms with Crippen molar-refractivity contribution in [2.75, 3.05) is 25.4 Å². The van der Waals surface area contributed by atoms with Crippen molar-refractivity contribution in [3.63, 3.8) is 0 Å². The minimum Gasteiger partial charge on any atom is -0.534 e. The monoisotopic (exact) mass is 645 g/mol. The Kier molecular flexibility index (Phi) is 9.23. The first-order valence-electron chi connectivity index (χ1n) is 12.5. The molecule has 2 aromatic carbocycles. The number of nitrogens with zero attached hydrogens (tertiary/aromatic N) is 2. The second-order valence-corrected chi connectivity index (χ2v) is 11.9. The van der Waals surface area contributed by atoms with Gasteiger partial charge in [0.05, 0.1) is 23.3 Å². The van der Waals surface area contributed by atoms with Crippen molar-refractivity contribution < 1.29 is 57.3 Å². The number of aliphatic hydroxyl groups is 1. The van der Waals surface area contributed by atoms with Crippen LogP contribution in [0.2, 0.25) is 5.02 Å². The van der Waals surface area contributed by atoms with Gasteiger partial charge in [-0.05, 0) is 24.1 Å². The summed E-state index contributed by atoms with van der Waals surface area (Å²) in [5.41, 5.74) is 4.42. The molecule has 2 aromatic rings. The van der Waals surface area contributed by atoms with E-state index in [1.807, 2.05) is 0 Å². The molecule has 0 radical (unpaired) electrons. The standard InChI is InChI=1S/C23H26BClFN5O11S/c25-16-11(2-4-13(32)18(16)33)17(29-22(37)30-6-7-31(23(30)38)43(40,41)8-5-27)20(34)28-14-9-10-1-3-12(26)15(21(35)36)19(10)42-24(14)39/h1-4,14,17,22,29,32-33,37,39H,5-9,27H2,(H,28,34)(H,35,36)/t14-,17?,22?/m0/s1. The van der Waals surface area contributed by atoms with E-state index in [0.29, 0.717) is 9.21 Å². The number of hydrogen-bond acceptors (Lipinski definition) is 12. The van der Waals surface area contributed by atoms with Gasteiger partial charge in [0, 0.05) is 18.7 Å². The zero-order valence-corrected chi connectivity index (χ0v) is 23.5. The summed E-state index contributed by atoms with van der Waals surface area (Å²) in [6.07, 6.45) is -2.23. The van der Waals surface area contributed by atoms with E-state index in [2.05, 4.69) is 10.6 Å². The quantitative estimate of drug-likeness (QED) is 0.0847. The fourth-order valence-electron chi connectivity index (χ4n) is 4.64. The summed E-state index contributed by atoms with van der Waals surface area (Å²) < 4.78 is 44.6. The third-order valence-corrected chi connectivity index (χ3v) is 8.94. The number of nitrogens with one attached hydrogen (secondary N) is 2.